The maximum absolute atomic E-state index is 13.0. The molecule has 0 fully saturated rings. The van der Waals surface area contributed by atoms with Crippen molar-refractivity contribution < 1.29 is 21.0 Å². The minimum atomic E-state index is -3.96. The molecule has 0 bridgehead atoms. The Bertz CT molecular complexity index is 1280. The van der Waals surface area contributed by atoms with Gasteiger partial charge in [0.25, 0.3) is 0 Å². The molecule has 0 spiro atoms. The molecule has 5 nitrogen and oxygen atoms in total. The monoisotopic (exact) mass is 496 g/mol. The first-order valence-corrected chi connectivity index (χ1v) is 14.5. The maximum atomic E-state index is 13.0. The highest BCUT2D eigenvalue weighted by molar-refractivity contribution is 8.72. The van der Waals surface area contributed by atoms with Gasteiger partial charge in [0, 0.05) is 15.7 Å². The van der Waals surface area contributed by atoms with E-state index in [1.54, 1.807) is 54.8 Å². The van der Waals surface area contributed by atoms with Crippen molar-refractivity contribution >= 4 is 41.1 Å². The van der Waals surface area contributed by atoms with E-state index >= 15 is 0 Å². The average molecular weight is 497 g/mol. The molecule has 0 aliphatic carbocycles. The smallest absolute Gasteiger partial charge is 0.348 e. The van der Waals surface area contributed by atoms with Crippen molar-refractivity contribution in [2.45, 2.75) is 54.0 Å². The molecule has 3 aromatic rings. The summed E-state index contributed by atoms with van der Waals surface area (Å²) in [4.78, 5) is 0.771. The molecule has 0 aliphatic heterocycles. The van der Waals surface area contributed by atoms with Crippen molar-refractivity contribution in [2.75, 3.05) is 0 Å². The van der Waals surface area contributed by atoms with Crippen LogP contribution in [0.1, 0.15) is 37.5 Å². The Balaban J connectivity index is 2.04. The lowest BCUT2D eigenvalue weighted by atomic mass is 9.86. The molecule has 0 unspecified atom stereocenters. The molecule has 0 atom stereocenters. The quantitative estimate of drug-likeness (QED) is 0.312. The number of hydrogen-bond acceptors (Lipinski definition) is 7. The van der Waals surface area contributed by atoms with Gasteiger partial charge in [0.15, 0.2) is 4.21 Å². The van der Waals surface area contributed by atoms with Crippen molar-refractivity contribution in [3.05, 3.63) is 70.6 Å². The van der Waals surface area contributed by atoms with Gasteiger partial charge < -0.3 is 4.18 Å². The van der Waals surface area contributed by atoms with E-state index < -0.39 is 24.4 Å². The third-order valence-corrected chi connectivity index (χ3v) is 10.5. The van der Waals surface area contributed by atoms with Gasteiger partial charge in [-0.3, -0.25) is 0 Å². The Morgan fingerprint density at radius 3 is 2.13 bits per heavy atom. The van der Waals surface area contributed by atoms with Gasteiger partial charge in [-0.2, -0.15) is 8.42 Å². The SMILES string of the molecule is Cc1ccc(S(=O)(=O)Sc2cc(C)c(OS(=O)(=O)c3cccs3)cc2C(C)(C)C)cc1. The fourth-order valence-electron chi connectivity index (χ4n) is 2.84. The van der Waals surface area contributed by atoms with Crippen molar-refractivity contribution in [1.29, 1.82) is 0 Å². The van der Waals surface area contributed by atoms with E-state index in [1.165, 1.54) is 6.07 Å². The lowest BCUT2D eigenvalue weighted by Gasteiger charge is -2.24. The van der Waals surface area contributed by atoms with Gasteiger partial charge >= 0.3 is 10.1 Å². The third kappa shape index (κ3) is 5.52. The van der Waals surface area contributed by atoms with Crippen LogP contribution in [0.5, 0.6) is 5.75 Å². The Kier molecular flexibility index (Phi) is 6.63. The molecule has 2 aromatic carbocycles. The van der Waals surface area contributed by atoms with Gasteiger partial charge in [-0.15, -0.1) is 11.3 Å². The summed E-state index contributed by atoms with van der Waals surface area (Å²) in [5, 5.41) is 1.67. The van der Waals surface area contributed by atoms with E-state index in [4.69, 9.17) is 4.18 Å². The second-order valence-electron chi connectivity index (χ2n) is 8.18. The molecule has 0 N–H and O–H groups in total. The first kappa shape index (κ1) is 23.8. The number of benzene rings is 2. The van der Waals surface area contributed by atoms with Crippen LogP contribution in [0, 0.1) is 13.8 Å². The average Bonchev–Trinajstić information content (AvgIpc) is 3.18. The molecule has 9 heteroatoms. The fourth-order valence-corrected chi connectivity index (χ4v) is 8.00. The van der Waals surface area contributed by atoms with Crippen LogP contribution >= 0.6 is 22.1 Å². The normalized spacial score (nSPS) is 12.7. The van der Waals surface area contributed by atoms with E-state index in [9.17, 15) is 16.8 Å². The second kappa shape index (κ2) is 8.61. The molecule has 0 radical (unpaired) electrons. The highest BCUT2D eigenvalue weighted by Crippen LogP contribution is 2.41. The summed E-state index contributed by atoms with van der Waals surface area (Å²) in [5.74, 6) is 0.190. The lowest BCUT2D eigenvalue weighted by molar-refractivity contribution is 0.483. The Morgan fingerprint density at radius 1 is 0.935 bits per heavy atom. The third-order valence-electron chi connectivity index (χ3n) is 4.54. The summed E-state index contributed by atoms with van der Waals surface area (Å²) >= 11 is 1.08. The molecule has 166 valence electrons. The number of thiophene rings is 1. The molecule has 0 amide bonds. The van der Waals surface area contributed by atoms with Crippen LogP contribution in [0.2, 0.25) is 0 Å². The van der Waals surface area contributed by atoms with Crippen molar-refractivity contribution in [3.63, 3.8) is 0 Å². The molecule has 1 heterocycles. The summed E-state index contributed by atoms with van der Waals surface area (Å²) in [6, 6.07) is 13.1. The first-order valence-electron chi connectivity index (χ1n) is 9.44. The van der Waals surface area contributed by atoms with Gasteiger partial charge in [-0.25, -0.2) is 8.42 Å². The number of rotatable bonds is 6. The van der Waals surface area contributed by atoms with Crippen molar-refractivity contribution in [1.82, 2.24) is 0 Å². The van der Waals surface area contributed by atoms with Crippen LogP contribution in [0.25, 0.3) is 0 Å². The van der Waals surface area contributed by atoms with E-state index in [1.807, 2.05) is 27.7 Å². The lowest BCUT2D eigenvalue weighted by Crippen LogP contribution is -2.15. The van der Waals surface area contributed by atoms with Gasteiger partial charge in [0.1, 0.15) is 5.75 Å². The van der Waals surface area contributed by atoms with Gasteiger partial charge in [-0.1, -0.05) is 44.5 Å². The van der Waals surface area contributed by atoms with Crippen LogP contribution in [0.15, 0.2) is 67.9 Å². The topological polar surface area (TPSA) is 77.5 Å². The summed E-state index contributed by atoms with van der Waals surface area (Å²) in [7, 11) is -6.84. The predicted octanol–water partition coefficient (Wildman–Crippen LogP) is 5.91. The number of hydrogen-bond donors (Lipinski definition) is 0. The van der Waals surface area contributed by atoms with E-state index in [0.29, 0.717) is 16.0 Å². The Labute approximate surface area is 191 Å². The molecular weight excluding hydrogens is 473 g/mol. The molecular formula is C22H24O5S4. The highest BCUT2D eigenvalue weighted by atomic mass is 33.1. The zero-order valence-corrected chi connectivity index (χ0v) is 21.1. The second-order valence-corrected chi connectivity index (χ2v) is 14.7. The van der Waals surface area contributed by atoms with E-state index in [-0.39, 0.29) is 14.9 Å². The predicted molar refractivity (Wildman–Crippen MR) is 126 cm³/mol. The highest BCUT2D eigenvalue weighted by Gasteiger charge is 2.27. The van der Waals surface area contributed by atoms with Crippen molar-refractivity contribution in [2.24, 2.45) is 0 Å². The molecule has 1 aromatic heterocycles. The van der Waals surface area contributed by atoms with Gasteiger partial charge in [0.2, 0.25) is 8.87 Å². The fraction of sp³-hybridized carbons (Fsp3) is 0.273. The van der Waals surface area contributed by atoms with Gasteiger partial charge in [-0.05, 0) is 66.1 Å². The molecule has 0 saturated carbocycles. The standard InChI is InChI=1S/C22H24O5S4/c1-15-8-10-17(11-9-15)31(25,26)29-20-13-16(2)19(14-18(20)22(3,4)5)27-30(23,24)21-7-6-12-28-21/h6-14H,1-5H3. The molecule has 31 heavy (non-hydrogen) atoms. The van der Waals surface area contributed by atoms with Crippen LogP contribution in [-0.2, 0) is 24.4 Å². The summed E-state index contributed by atoms with van der Waals surface area (Å²) in [6.45, 7) is 9.43. The summed E-state index contributed by atoms with van der Waals surface area (Å²) in [5.41, 5.74) is 1.76. The molecule has 0 saturated heterocycles. The van der Waals surface area contributed by atoms with Crippen LogP contribution < -0.4 is 4.18 Å². The number of aryl methyl sites for hydroxylation is 2. The first-order chi connectivity index (χ1) is 14.3. The van der Waals surface area contributed by atoms with Crippen LogP contribution in [-0.4, -0.2) is 16.8 Å². The van der Waals surface area contributed by atoms with E-state index in [2.05, 4.69) is 0 Å². The largest absolute Gasteiger partial charge is 0.378 e. The van der Waals surface area contributed by atoms with Crippen LogP contribution in [0.3, 0.4) is 0 Å². The Morgan fingerprint density at radius 2 is 1.58 bits per heavy atom. The van der Waals surface area contributed by atoms with Crippen LogP contribution in [0.4, 0.5) is 0 Å². The zero-order valence-electron chi connectivity index (χ0n) is 17.9. The van der Waals surface area contributed by atoms with Gasteiger partial charge in [0.05, 0.1) is 4.90 Å². The molecule has 0 aliphatic rings. The minimum absolute atomic E-state index is 0.115. The summed E-state index contributed by atoms with van der Waals surface area (Å²) in [6.07, 6.45) is 0. The minimum Gasteiger partial charge on any atom is -0.378 e. The van der Waals surface area contributed by atoms with Crippen molar-refractivity contribution in [3.8, 4) is 5.75 Å². The summed E-state index contributed by atoms with van der Waals surface area (Å²) < 4.78 is 56.7. The maximum Gasteiger partial charge on any atom is 0.348 e. The zero-order chi connectivity index (χ0) is 23.0. The Hall–Kier alpha value is -1.81. The molecule has 3 rings (SSSR count). The van der Waals surface area contributed by atoms with E-state index in [0.717, 1.165) is 27.7 Å².